The molecule has 27 heavy (non-hydrogen) atoms. The van der Waals surface area contributed by atoms with E-state index in [1.165, 1.54) is 70.9 Å². The highest BCUT2D eigenvalue weighted by Crippen LogP contribution is 2.68. The molecule has 154 valence electrons. The topological polar surface area (TPSA) is 36.0 Å². The fourth-order valence-corrected chi connectivity index (χ4v) is 8.93. The maximum atomic E-state index is 11.4. The van der Waals surface area contributed by atoms with Crippen molar-refractivity contribution in [2.24, 2.45) is 34.5 Å². The van der Waals surface area contributed by atoms with Gasteiger partial charge >= 0.3 is 0 Å². The summed E-state index contributed by atoms with van der Waals surface area (Å²) >= 11 is 0. The zero-order valence-electron chi connectivity index (χ0n) is 16.7. The van der Waals surface area contributed by atoms with E-state index in [1.54, 1.807) is 0 Å². The molecule has 4 saturated carbocycles. The Morgan fingerprint density at radius 1 is 0.926 bits per heavy atom. The van der Waals surface area contributed by atoms with Crippen LogP contribution >= 0.6 is 0 Å². The highest BCUT2D eigenvalue weighted by Gasteiger charge is 2.65. The Hall–Kier alpha value is -0.120. The molecule has 0 radical (unpaired) electrons. The van der Waals surface area contributed by atoms with Crippen LogP contribution in [0.15, 0.2) is 0 Å². The van der Waals surface area contributed by atoms with Gasteiger partial charge in [0.1, 0.15) is 0 Å². The molecular weight excluding hydrogens is 334 g/mol. The van der Waals surface area contributed by atoms with Crippen LogP contribution in [0.25, 0.3) is 0 Å². The summed E-state index contributed by atoms with van der Waals surface area (Å²) < 4.78 is 5.98. The first-order valence-electron chi connectivity index (χ1n) is 11.6. The number of ether oxygens (including phenoxy) is 1. The first-order chi connectivity index (χ1) is 12.5. The quantitative estimate of drug-likeness (QED) is 0.687. The average Bonchev–Trinajstić information content (AvgIpc) is 3.02. The molecule has 2 heterocycles. The number of fused-ring (bicyclic) bond motifs is 6. The Balaban J connectivity index is 0.00000160. The molecule has 0 amide bonds. The highest BCUT2D eigenvalue weighted by molar-refractivity contribution is 5.15. The molecule has 0 spiro atoms. The molecule has 2 saturated heterocycles. The van der Waals surface area contributed by atoms with Gasteiger partial charge in [0.05, 0.1) is 18.3 Å². The monoisotopic (exact) mass is 375 g/mol. The van der Waals surface area contributed by atoms with Crippen molar-refractivity contribution in [1.82, 2.24) is 4.90 Å². The zero-order chi connectivity index (χ0) is 17.7. The summed E-state index contributed by atoms with van der Waals surface area (Å²) in [6.07, 6.45) is 13.1. The van der Waals surface area contributed by atoms with E-state index < -0.39 is 0 Å². The van der Waals surface area contributed by atoms with Crippen LogP contribution < -0.4 is 0 Å². The minimum atomic E-state index is -0.0976. The number of nitrogens with zero attached hydrogens (tertiary/aromatic N) is 1. The second-order valence-corrected chi connectivity index (χ2v) is 11.3. The Bertz CT molecular complexity index is 589. The molecule has 6 rings (SSSR count). The van der Waals surface area contributed by atoms with Gasteiger partial charge in [-0.1, -0.05) is 21.3 Å². The van der Waals surface area contributed by atoms with Crippen LogP contribution in [-0.4, -0.2) is 47.4 Å². The molecular formula is C24H41NO2. The minimum absolute atomic E-state index is 0. The lowest BCUT2D eigenvalue weighted by molar-refractivity contribution is -0.119. The largest absolute Gasteiger partial charge is 0.391 e. The number of aliphatic hydroxyl groups excluding tert-OH is 1. The average molecular weight is 376 g/mol. The molecule has 0 aromatic carbocycles. The van der Waals surface area contributed by atoms with Crippen LogP contribution in [0.4, 0.5) is 0 Å². The predicted molar refractivity (Wildman–Crippen MR) is 108 cm³/mol. The van der Waals surface area contributed by atoms with E-state index in [2.05, 4.69) is 18.7 Å². The lowest BCUT2D eigenvalue weighted by Gasteiger charge is -2.59. The van der Waals surface area contributed by atoms with Crippen molar-refractivity contribution >= 4 is 0 Å². The number of rotatable bonds is 1. The van der Waals surface area contributed by atoms with Crippen LogP contribution in [0, 0.1) is 34.5 Å². The maximum Gasteiger partial charge on any atom is 0.0847 e. The van der Waals surface area contributed by atoms with Crippen molar-refractivity contribution in [3.8, 4) is 0 Å². The van der Waals surface area contributed by atoms with Crippen LogP contribution in [0.2, 0.25) is 0 Å². The van der Waals surface area contributed by atoms with Gasteiger partial charge in [-0.2, -0.15) is 0 Å². The number of hydrogen-bond donors (Lipinski definition) is 1. The van der Waals surface area contributed by atoms with Gasteiger partial charge in [-0.05, 0) is 105 Å². The van der Waals surface area contributed by atoms with Gasteiger partial charge in [0, 0.05) is 6.04 Å². The maximum absolute atomic E-state index is 11.4. The highest BCUT2D eigenvalue weighted by atomic mass is 16.6. The summed E-state index contributed by atoms with van der Waals surface area (Å²) in [6.45, 7) is 7.51. The second kappa shape index (κ2) is 6.19. The van der Waals surface area contributed by atoms with Crippen LogP contribution in [0.3, 0.4) is 0 Å². The first-order valence-corrected chi connectivity index (χ1v) is 11.6. The molecule has 4 unspecified atom stereocenters. The molecule has 3 heteroatoms. The molecule has 0 bridgehead atoms. The zero-order valence-corrected chi connectivity index (χ0v) is 16.7. The lowest BCUT2D eigenvalue weighted by Crippen LogP contribution is -2.54. The van der Waals surface area contributed by atoms with Crippen molar-refractivity contribution in [3.63, 3.8) is 0 Å². The Labute approximate surface area is 166 Å². The van der Waals surface area contributed by atoms with Crippen molar-refractivity contribution in [3.05, 3.63) is 0 Å². The van der Waals surface area contributed by atoms with Gasteiger partial charge in [0.2, 0.25) is 0 Å². The Morgan fingerprint density at radius 3 is 2.48 bits per heavy atom. The van der Waals surface area contributed by atoms with E-state index in [0.29, 0.717) is 23.7 Å². The van der Waals surface area contributed by atoms with Gasteiger partial charge in [-0.15, -0.1) is 0 Å². The Kier molecular flexibility index (Phi) is 4.33. The summed E-state index contributed by atoms with van der Waals surface area (Å²) in [5, 5.41) is 11.4. The third-order valence-electron chi connectivity index (χ3n) is 10.5. The predicted octanol–water partition coefficient (Wildman–Crippen LogP) is 4.48. The summed E-state index contributed by atoms with van der Waals surface area (Å²) in [6, 6.07) is 0.444. The van der Waals surface area contributed by atoms with Gasteiger partial charge in [-0.3, -0.25) is 4.90 Å². The SMILES string of the molecule is C.C[C@]12C[C@H]3O[C@H]3CC1CCC1C2CC[C@@]2(C)C1C[C@@H](N1CCCC1)[C@H]2O. The molecule has 1 N–H and O–H groups in total. The fourth-order valence-electron chi connectivity index (χ4n) is 8.93. The third kappa shape index (κ3) is 2.50. The number of hydrogen-bond acceptors (Lipinski definition) is 3. The minimum Gasteiger partial charge on any atom is -0.391 e. The molecule has 2 aliphatic heterocycles. The lowest BCUT2D eigenvalue weighted by atomic mass is 9.45. The molecule has 4 aliphatic carbocycles. The van der Waals surface area contributed by atoms with Gasteiger partial charge < -0.3 is 9.84 Å². The van der Waals surface area contributed by atoms with Gasteiger partial charge in [0.25, 0.3) is 0 Å². The molecule has 0 aromatic heterocycles. The second-order valence-electron chi connectivity index (χ2n) is 11.3. The van der Waals surface area contributed by atoms with Crippen LogP contribution in [-0.2, 0) is 4.74 Å². The van der Waals surface area contributed by atoms with E-state index in [1.807, 2.05) is 0 Å². The van der Waals surface area contributed by atoms with E-state index >= 15 is 0 Å². The summed E-state index contributed by atoms with van der Waals surface area (Å²) in [5.74, 6) is 3.39. The Morgan fingerprint density at radius 2 is 1.70 bits per heavy atom. The van der Waals surface area contributed by atoms with E-state index in [9.17, 15) is 5.11 Å². The smallest absolute Gasteiger partial charge is 0.0847 e. The van der Waals surface area contributed by atoms with Crippen LogP contribution in [0.1, 0.15) is 79.1 Å². The van der Waals surface area contributed by atoms with Gasteiger partial charge in [-0.25, -0.2) is 0 Å². The molecule has 0 aromatic rings. The summed E-state index contributed by atoms with van der Waals surface area (Å²) in [4.78, 5) is 2.64. The van der Waals surface area contributed by atoms with Crippen molar-refractivity contribution in [2.45, 2.75) is 103 Å². The van der Waals surface area contributed by atoms with Gasteiger partial charge in [0.15, 0.2) is 0 Å². The fraction of sp³-hybridized carbons (Fsp3) is 1.00. The molecule has 10 atom stereocenters. The first kappa shape index (κ1) is 18.9. The van der Waals surface area contributed by atoms with Crippen molar-refractivity contribution in [1.29, 1.82) is 0 Å². The number of likely N-dealkylation sites (tertiary alicyclic amines) is 1. The normalized spacial score (nSPS) is 59.2. The molecule has 6 fully saturated rings. The molecule has 3 nitrogen and oxygen atoms in total. The number of epoxide rings is 1. The van der Waals surface area contributed by atoms with Crippen molar-refractivity contribution < 1.29 is 9.84 Å². The summed E-state index contributed by atoms with van der Waals surface area (Å²) in [7, 11) is 0. The van der Waals surface area contributed by atoms with E-state index in [-0.39, 0.29) is 18.9 Å². The van der Waals surface area contributed by atoms with Crippen molar-refractivity contribution in [2.75, 3.05) is 13.1 Å². The van der Waals surface area contributed by atoms with E-state index in [0.717, 1.165) is 23.7 Å². The molecule has 6 aliphatic rings. The number of aliphatic hydroxyl groups is 1. The standard InChI is InChI=1S/C23H37NO2.CH4/c1-22-8-7-16-15(6-5-14-11-19-20(26-19)13-23(14,16)2)17(22)12-18(21(22)25)24-9-3-4-10-24;/h14-21,25H,3-13H2,1-2H3;1H4/t14?,15?,16?,17?,18-,19+,20-,21-,22+,23+;/m1./s1. The third-order valence-corrected chi connectivity index (χ3v) is 10.5. The summed E-state index contributed by atoms with van der Waals surface area (Å²) in [5.41, 5.74) is 0.684. The van der Waals surface area contributed by atoms with Crippen LogP contribution in [0.5, 0.6) is 0 Å². The van der Waals surface area contributed by atoms with E-state index in [4.69, 9.17) is 4.74 Å².